The van der Waals surface area contributed by atoms with Crippen LogP contribution in [0.25, 0.3) is 0 Å². The van der Waals surface area contributed by atoms with Gasteiger partial charge in [-0.1, -0.05) is 0 Å². The van der Waals surface area contributed by atoms with E-state index in [1.54, 1.807) is 7.11 Å². The minimum Gasteiger partial charge on any atom is -0.496 e. The van der Waals surface area contributed by atoms with Crippen LogP contribution in [0.4, 0.5) is 0 Å². The maximum atomic E-state index is 10.1. The van der Waals surface area contributed by atoms with E-state index in [1.807, 2.05) is 45.0 Å². The summed E-state index contributed by atoms with van der Waals surface area (Å²) in [6.07, 6.45) is -0.445. The van der Waals surface area contributed by atoms with Gasteiger partial charge in [0, 0.05) is 6.54 Å². The zero-order valence-corrected chi connectivity index (χ0v) is 10.7. The number of benzene rings is 1. The maximum absolute atomic E-state index is 10.1. The Labute approximate surface area is 97.7 Å². The molecule has 0 aliphatic heterocycles. The molecular formula is C13H21NO2. The topological polar surface area (TPSA) is 32.7 Å². The molecular weight excluding hydrogens is 202 g/mol. The summed E-state index contributed by atoms with van der Waals surface area (Å²) in [6, 6.07) is 3.98. The van der Waals surface area contributed by atoms with Crippen LogP contribution in [0.3, 0.4) is 0 Å². The van der Waals surface area contributed by atoms with Crippen LogP contribution in [0.15, 0.2) is 12.1 Å². The highest BCUT2D eigenvalue weighted by molar-refractivity contribution is 5.42. The van der Waals surface area contributed by atoms with E-state index in [2.05, 4.69) is 0 Å². The van der Waals surface area contributed by atoms with Crippen molar-refractivity contribution in [2.24, 2.45) is 0 Å². The van der Waals surface area contributed by atoms with E-state index < -0.39 is 6.10 Å². The fourth-order valence-electron chi connectivity index (χ4n) is 1.84. The molecule has 0 heterocycles. The summed E-state index contributed by atoms with van der Waals surface area (Å²) < 4.78 is 5.25. The third-order valence-electron chi connectivity index (χ3n) is 2.68. The first-order valence-electron chi connectivity index (χ1n) is 5.43. The van der Waals surface area contributed by atoms with Crippen LogP contribution in [0.2, 0.25) is 0 Å². The molecule has 1 atom stereocenters. The Hall–Kier alpha value is -1.06. The molecule has 1 aromatic rings. The van der Waals surface area contributed by atoms with Crippen molar-refractivity contribution in [3.8, 4) is 5.75 Å². The molecule has 1 rings (SSSR count). The van der Waals surface area contributed by atoms with E-state index in [4.69, 9.17) is 4.74 Å². The molecule has 0 saturated carbocycles. The summed E-state index contributed by atoms with van der Waals surface area (Å²) in [7, 11) is 5.57. The maximum Gasteiger partial charge on any atom is 0.122 e. The molecule has 1 unspecified atom stereocenters. The largest absolute Gasteiger partial charge is 0.496 e. The lowest BCUT2D eigenvalue weighted by molar-refractivity contribution is 0.137. The van der Waals surface area contributed by atoms with Crippen molar-refractivity contribution in [3.05, 3.63) is 28.8 Å². The molecule has 1 N–H and O–H groups in total. The van der Waals surface area contributed by atoms with E-state index >= 15 is 0 Å². The SMILES string of the molecule is COc1cc(C)c(C(O)CN(C)C)cc1C. The molecule has 0 aliphatic rings. The molecule has 0 fully saturated rings. The van der Waals surface area contributed by atoms with E-state index in [-0.39, 0.29) is 0 Å². The Morgan fingerprint density at radius 3 is 2.38 bits per heavy atom. The Morgan fingerprint density at radius 1 is 1.25 bits per heavy atom. The summed E-state index contributed by atoms with van der Waals surface area (Å²) in [5.74, 6) is 0.873. The van der Waals surface area contributed by atoms with Gasteiger partial charge in [-0.3, -0.25) is 0 Å². The van der Waals surface area contributed by atoms with Gasteiger partial charge in [-0.25, -0.2) is 0 Å². The van der Waals surface area contributed by atoms with Crippen LogP contribution in [0.5, 0.6) is 5.75 Å². The lowest BCUT2D eigenvalue weighted by atomic mass is 10.00. The predicted molar refractivity (Wildman–Crippen MR) is 66.0 cm³/mol. The standard InChI is InChI=1S/C13H21NO2/c1-9-7-13(16-5)10(2)6-11(9)12(15)8-14(3)4/h6-7,12,15H,8H2,1-5H3. The molecule has 0 radical (unpaired) electrons. The molecule has 1 aromatic carbocycles. The molecule has 0 aliphatic carbocycles. The summed E-state index contributed by atoms with van der Waals surface area (Å²) in [4.78, 5) is 1.98. The van der Waals surface area contributed by atoms with E-state index in [0.29, 0.717) is 6.54 Å². The number of ether oxygens (including phenoxy) is 1. The zero-order chi connectivity index (χ0) is 12.3. The number of nitrogens with zero attached hydrogens (tertiary/aromatic N) is 1. The van der Waals surface area contributed by atoms with Crippen LogP contribution >= 0.6 is 0 Å². The lowest BCUT2D eigenvalue weighted by Crippen LogP contribution is -2.20. The summed E-state index contributed by atoms with van der Waals surface area (Å²) in [6.45, 7) is 4.62. The molecule has 3 heteroatoms. The number of hydrogen-bond donors (Lipinski definition) is 1. The molecule has 0 spiro atoms. The van der Waals surface area contributed by atoms with Crippen molar-refractivity contribution < 1.29 is 9.84 Å². The van der Waals surface area contributed by atoms with Gasteiger partial charge in [-0.2, -0.15) is 0 Å². The fraction of sp³-hybridized carbons (Fsp3) is 0.538. The van der Waals surface area contributed by atoms with Gasteiger partial charge >= 0.3 is 0 Å². The molecule has 0 saturated heterocycles. The summed E-state index contributed by atoms with van der Waals surface area (Å²) >= 11 is 0. The number of rotatable bonds is 4. The number of aliphatic hydroxyl groups is 1. The monoisotopic (exact) mass is 223 g/mol. The lowest BCUT2D eigenvalue weighted by Gasteiger charge is -2.19. The van der Waals surface area contributed by atoms with Crippen LogP contribution < -0.4 is 4.74 Å². The number of methoxy groups -OCH3 is 1. The molecule has 90 valence electrons. The van der Waals surface area contributed by atoms with E-state index in [9.17, 15) is 5.11 Å². The van der Waals surface area contributed by atoms with Gasteiger partial charge in [0.15, 0.2) is 0 Å². The van der Waals surface area contributed by atoms with Gasteiger partial charge in [0.25, 0.3) is 0 Å². The van der Waals surface area contributed by atoms with Crippen molar-refractivity contribution in [3.63, 3.8) is 0 Å². The minimum atomic E-state index is -0.445. The first kappa shape index (κ1) is 13.0. The molecule has 0 amide bonds. The second-order valence-electron chi connectivity index (χ2n) is 4.46. The molecule has 0 aromatic heterocycles. The van der Waals surface area contributed by atoms with Gasteiger partial charge in [0.1, 0.15) is 5.75 Å². The van der Waals surface area contributed by atoms with Gasteiger partial charge < -0.3 is 14.7 Å². The van der Waals surface area contributed by atoms with Gasteiger partial charge in [0.05, 0.1) is 13.2 Å². The first-order valence-corrected chi connectivity index (χ1v) is 5.43. The molecule has 16 heavy (non-hydrogen) atoms. The Balaban J connectivity index is 3.01. The summed E-state index contributed by atoms with van der Waals surface area (Å²) in [5.41, 5.74) is 3.10. The third kappa shape index (κ3) is 2.97. The van der Waals surface area contributed by atoms with Crippen molar-refractivity contribution in [2.45, 2.75) is 20.0 Å². The van der Waals surface area contributed by atoms with Crippen molar-refractivity contribution >= 4 is 0 Å². The van der Waals surface area contributed by atoms with Crippen molar-refractivity contribution in [1.29, 1.82) is 0 Å². The Kier molecular flexibility index (Phi) is 4.33. The highest BCUT2D eigenvalue weighted by Gasteiger charge is 2.13. The quantitative estimate of drug-likeness (QED) is 0.846. The normalized spacial score (nSPS) is 12.9. The fourth-order valence-corrected chi connectivity index (χ4v) is 1.84. The molecule has 3 nitrogen and oxygen atoms in total. The smallest absolute Gasteiger partial charge is 0.122 e. The number of likely N-dealkylation sites (N-methyl/N-ethyl adjacent to an activating group) is 1. The highest BCUT2D eigenvalue weighted by Crippen LogP contribution is 2.26. The Morgan fingerprint density at radius 2 is 1.88 bits per heavy atom. The van der Waals surface area contributed by atoms with Crippen LogP contribution in [0.1, 0.15) is 22.8 Å². The van der Waals surface area contributed by atoms with E-state index in [1.165, 1.54) is 0 Å². The highest BCUT2D eigenvalue weighted by atomic mass is 16.5. The predicted octanol–water partition coefficient (Wildman–Crippen LogP) is 1.91. The summed E-state index contributed by atoms with van der Waals surface area (Å²) in [5, 5.41) is 10.1. The molecule has 0 bridgehead atoms. The zero-order valence-electron chi connectivity index (χ0n) is 10.7. The average molecular weight is 223 g/mol. The number of aliphatic hydroxyl groups excluding tert-OH is 1. The number of hydrogen-bond acceptors (Lipinski definition) is 3. The first-order chi connectivity index (χ1) is 7.45. The Bertz CT molecular complexity index is 361. The van der Waals surface area contributed by atoms with Gasteiger partial charge in [-0.15, -0.1) is 0 Å². The second-order valence-corrected chi connectivity index (χ2v) is 4.46. The van der Waals surface area contributed by atoms with Crippen LogP contribution in [0, 0.1) is 13.8 Å². The van der Waals surface area contributed by atoms with Crippen molar-refractivity contribution in [2.75, 3.05) is 27.7 Å². The van der Waals surface area contributed by atoms with Crippen LogP contribution in [-0.4, -0.2) is 37.8 Å². The van der Waals surface area contributed by atoms with Gasteiger partial charge in [0.2, 0.25) is 0 Å². The average Bonchev–Trinajstić information content (AvgIpc) is 2.19. The van der Waals surface area contributed by atoms with E-state index in [0.717, 1.165) is 22.4 Å². The second kappa shape index (κ2) is 5.32. The van der Waals surface area contributed by atoms with Gasteiger partial charge in [-0.05, 0) is 56.8 Å². The third-order valence-corrected chi connectivity index (χ3v) is 2.68. The minimum absolute atomic E-state index is 0.445. The number of aryl methyl sites for hydroxylation is 2. The van der Waals surface area contributed by atoms with Crippen molar-refractivity contribution in [1.82, 2.24) is 4.90 Å². The van der Waals surface area contributed by atoms with Crippen LogP contribution in [-0.2, 0) is 0 Å².